The van der Waals surface area contributed by atoms with E-state index < -0.39 is 19.2 Å². The second-order valence-corrected chi connectivity index (χ2v) is 9.53. The number of benzene rings is 1. The Morgan fingerprint density at radius 1 is 1.10 bits per heavy atom. The first-order valence-electron chi connectivity index (χ1n) is 10.3. The van der Waals surface area contributed by atoms with Crippen LogP contribution in [0.1, 0.15) is 50.8 Å². The molecule has 1 saturated heterocycles. The number of methoxy groups -OCH3 is 1. The van der Waals surface area contributed by atoms with Crippen molar-refractivity contribution in [3.8, 4) is 11.5 Å². The minimum atomic E-state index is -4.22. The van der Waals surface area contributed by atoms with Gasteiger partial charge in [0, 0.05) is 31.7 Å². The van der Waals surface area contributed by atoms with Crippen molar-refractivity contribution >= 4 is 0 Å². The Hall–Kier alpha value is -1.47. The fraction of sp³-hybridized carbons (Fsp3) is 0.727. The molecular weight excluding hydrogens is 381 g/mol. The lowest BCUT2D eigenvalue weighted by atomic mass is 9.84. The summed E-state index contributed by atoms with van der Waals surface area (Å²) in [4.78, 5) is 4.99. The summed E-state index contributed by atoms with van der Waals surface area (Å²) in [5.74, 6) is 0.908. The third-order valence-corrected chi connectivity index (χ3v) is 5.91. The molecule has 0 spiro atoms. The maximum Gasteiger partial charge on any atom is 0.392 e. The second-order valence-electron chi connectivity index (χ2n) is 9.53. The molecule has 1 aromatic rings. The molecule has 0 aromatic heterocycles. The van der Waals surface area contributed by atoms with Gasteiger partial charge < -0.3 is 14.4 Å². The largest absolute Gasteiger partial charge is 0.493 e. The molecule has 2 atom stereocenters. The van der Waals surface area contributed by atoms with E-state index in [1.165, 1.54) is 12.7 Å². The molecular formula is C22H33F3N2O2. The quantitative estimate of drug-likeness (QED) is 0.699. The van der Waals surface area contributed by atoms with Gasteiger partial charge in [-0.1, -0.05) is 20.8 Å². The normalized spacial score (nSPS) is 23.4. The molecule has 0 N–H and O–H groups in total. The standard InChI is InChI=1S/C22H33F3N2O2/c1-21(2,3)12-16-13-27-8-6-15-10-20(29-9-7-22(23,24)25)19(28-5)11-17(15)18(27)14-26(16)4/h10-11,16,18H,6-9,12-14H2,1-5H3. The van der Waals surface area contributed by atoms with E-state index in [1.807, 2.05) is 12.1 Å². The van der Waals surface area contributed by atoms with Crippen molar-refractivity contribution in [1.82, 2.24) is 9.80 Å². The summed E-state index contributed by atoms with van der Waals surface area (Å²) in [7, 11) is 3.72. The number of likely N-dealkylation sites (N-methyl/N-ethyl adjacent to an activating group) is 1. The predicted molar refractivity (Wildman–Crippen MR) is 108 cm³/mol. The lowest BCUT2D eigenvalue weighted by Crippen LogP contribution is -2.55. The van der Waals surface area contributed by atoms with E-state index in [0.29, 0.717) is 17.5 Å². The number of rotatable bonds is 5. The van der Waals surface area contributed by atoms with Crippen molar-refractivity contribution in [2.24, 2.45) is 5.41 Å². The van der Waals surface area contributed by atoms with Crippen molar-refractivity contribution in [2.45, 2.75) is 58.3 Å². The van der Waals surface area contributed by atoms with Crippen molar-refractivity contribution in [3.63, 3.8) is 0 Å². The fourth-order valence-electron chi connectivity index (χ4n) is 4.50. The van der Waals surface area contributed by atoms with Crippen molar-refractivity contribution < 1.29 is 22.6 Å². The number of fused-ring (bicyclic) bond motifs is 3. The van der Waals surface area contributed by atoms with Gasteiger partial charge in [-0.05, 0) is 48.6 Å². The van der Waals surface area contributed by atoms with Crippen LogP contribution in [0.3, 0.4) is 0 Å². The number of hydrogen-bond donors (Lipinski definition) is 0. The van der Waals surface area contributed by atoms with E-state index in [0.717, 1.165) is 38.0 Å². The van der Waals surface area contributed by atoms with Crippen molar-refractivity contribution in [1.29, 1.82) is 0 Å². The van der Waals surface area contributed by atoms with Gasteiger partial charge in [0.15, 0.2) is 11.5 Å². The van der Waals surface area contributed by atoms with Crippen LogP contribution in [0.15, 0.2) is 12.1 Å². The molecule has 4 nitrogen and oxygen atoms in total. The number of nitrogens with zero attached hydrogens (tertiary/aromatic N) is 2. The molecule has 2 heterocycles. The third kappa shape index (κ3) is 5.57. The molecule has 1 fully saturated rings. The molecule has 7 heteroatoms. The zero-order chi connectivity index (χ0) is 21.4. The first kappa shape index (κ1) is 22.2. The van der Waals surface area contributed by atoms with Gasteiger partial charge in [0.1, 0.15) is 0 Å². The average Bonchev–Trinajstić information content (AvgIpc) is 2.59. The van der Waals surface area contributed by atoms with Crippen LogP contribution in [0.5, 0.6) is 11.5 Å². The summed E-state index contributed by atoms with van der Waals surface area (Å²) >= 11 is 0. The van der Waals surface area contributed by atoms with Gasteiger partial charge in [-0.2, -0.15) is 13.2 Å². The molecule has 29 heavy (non-hydrogen) atoms. The van der Waals surface area contributed by atoms with Gasteiger partial charge in [-0.15, -0.1) is 0 Å². The number of alkyl halides is 3. The smallest absolute Gasteiger partial charge is 0.392 e. The molecule has 3 rings (SSSR count). The highest BCUT2D eigenvalue weighted by atomic mass is 19.4. The molecule has 2 aliphatic rings. The maximum atomic E-state index is 12.4. The Morgan fingerprint density at radius 3 is 2.45 bits per heavy atom. The van der Waals surface area contributed by atoms with E-state index >= 15 is 0 Å². The highest BCUT2D eigenvalue weighted by molar-refractivity contribution is 5.49. The van der Waals surface area contributed by atoms with Crippen LogP contribution in [0.2, 0.25) is 0 Å². The summed E-state index contributed by atoms with van der Waals surface area (Å²) in [6.07, 6.45) is -3.17. The molecule has 0 aliphatic carbocycles. The van der Waals surface area contributed by atoms with Gasteiger partial charge >= 0.3 is 6.18 Å². The number of piperazine rings is 1. The van der Waals surface area contributed by atoms with Crippen LogP contribution >= 0.6 is 0 Å². The van der Waals surface area contributed by atoms with E-state index in [1.54, 1.807) is 0 Å². The molecule has 0 radical (unpaired) electrons. The Morgan fingerprint density at radius 2 is 1.83 bits per heavy atom. The summed E-state index contributed by atoms with van der Waals surface area (Å²) < 4.78 is 48.2. The molecule has 2 unspecified atom stereocenters. The topological polar surface area (TPSA) is 24.9 Å². The predicted octanol–water partition coefficient (Wildman–Crippen LogP) is 4.68. The summed E-state index contributed by atoms with van der Waals surface area (Å²) in [6.45, 7) is 9.37. The van der Waals surface area contributed by atoms with Gasteiger partial charge in [0.05, 0.1) is 20.1 Å². The third-order valence-electron chi connectivity index (χ3n) is 5.91. The molecule has 0 bridgehead atoms. The van der Waals surface area contributed by atoms with Gasteiger partial charge in [-0.25, -0.2) is 0 Å². The van der Waals surface area contributed by atoms with Gasteiger partial charge in [-0.3, -0.25) is 4.90 Å². The zero-order valence-electron chi connectivity index (χ0n) is 18.1. The molecule has 164 valence electrons. The molecule has 1 aromatic carbocycles. The van der Waals surface area contributed by atoms with E-state index in [4.69, 9.17) is 9.47 Å². The SMILES string of the molecule is COc1cc2c(cc1OCCC(F)(F)F)CCN1CC(CC(C)(C)C)N(C)CC21. The Kier molecular flexibility index (Phi) is 6.39. The first-order valence-corrected chi connectivity index (χ1v) is 10.3. The zero-order valence-corrected chi connectivity index (χ0v) is 18.1. The number of ether oxygens (including phenoxy) is 2. The highest BCUT2D eigenvalue weighted by Crippen LogP contribution is 2.41. The monoisotopic (exact) mass is 414 g/mol. The molecule has 0 saturated carbocycles. The first-order chi connectivity index (χ1) is 13.5. The number of hydrogen-bond acceptors (Lipinski definition) is 4. The summed E-state index contributed by atoms with van der Waals surface area (Å²) in [6, 6.07) is 4.65. The van der Waals surface area contributed by atoms with Crippen molar-refractivity contribution in [3.05, 3.63) is 23.3 Å². The van der Waals surface area contributed by atoms with Gasteiger partial charge in [0.25, 0.3) is 0 Å². The molecule has 0 amide bonds. The lowest BCUT2D eigenvalue weighted by molar-refractivity contribution is -0.139. The summed E-state index contributed by atoms with van der Waals surface area (Å²) in [5.41, 5.74) is 2.64. The van der Waals surface area contributed by atoms with Crippen LogP contribution in [0, 0.1) is 5.41 Å². The van der Waals surface area contributed by atoms with Crippen LogP contribution in [0.4, 0.5) is 13.2 Å². The Bertz CT molecular complexity index is 715. The second kappa shape index (κ2) is 8.34. The Labute approximate surface area is 172 Å². The Balaban J connectivity index is 1.77. The number of halogens is 3. The molecule has 2 aliphatic heterocycles. The van der Waals surface area contributed by atoms with Crippen LogP contribution in [-0.2, 0) is 6.42 Å². The summed E-state index contributed by atoms with van der Waals surface area (Å²) in [5, 5.41) is 0. The highest BCUT2D eigenvalue weighted by Gasteiger charge is 2.38. The van der Waals surface area contributed by atoms with Crippen LogP contribution < -0.4 is 9.47 Å². The van der Waals surface area contributed by atoms with E-state index in [9.17, 15) is 13.2 Å². The fourth-order valence-corrected chi connectivity index (χ4v) is 4.50. The lowest BCUT2D eigenvalue weighted by Gasteiger charge is -2.49. The minimum absolute atomic E-state index is 0.276. The maximum absolute atomic E-state index is 12.4. The average molecular weight is 415 g/mol. The van der Waals surface area contributed by atoms with Crippen LogP contribution in [-0.4, -0.2) is 62.4 Å². The van der Waals surface area contributed by atoms with E-state index in [-0.39, 0.29) is 11.5 Å². The van der Waals surface area contributed by atoms with Crippen LogP contribution in [0.25, 0.3) is 0 Å². The minimum Gasteiger partial charge on any atom is -0.493 e. The van der Waals surface area contributed by atoms with E-state index in [2.05, 4.69) is 37.6 Å². The van der Waals surface area contributed by atoms with Crippen molar-refractivity contribution in [2.75, 3.05) is 40.4 Å². The van der Waals surface area contributed by atoms with Gasteiger partial charge in [0.2, 0.25) is 0 Å².